The Morgan fingerprint density at radius 3 is 2.31 bits per heavy atom. The topological polar surface area (TPSA) is 74.8 Å². The largest absolute Gasteiger partial charge is 0.618 e. The van der Waals surface area contributed by atoms with Gasteiger partial charge in [0.2, 0.25) is 11.2 Å². The average molecular weight is 223 g/mol. The molecular formula is C10H15N4O2+. The van der Waals surface area contributed by atoms with Gasteiger partial charge >= 0.3 is 5.84 Å². The van der Waals surface area contributed by atoms with Gasteiger partial charge in [-0.1, -0.05) is 0 Å². The minimum absolute atomic E-state index is 0.0903. The Labute approximate surface area is 93.2 Å². The van der Waals surface area contributed by atoms with E-state index in [1.54, 1.807) is 27.7 Å². The molecule has 0 unspecified atom stereocenters. The number of rotatable bonds is 1. The van der Waals surface area contributed by atoms with Gasteiger partial charge in [0, 0.05) is 32.6 Å². The third kappa shape index (κ3) is 1.07. The molecule has 0 bridgehead atoms. The van der Waals surface area contributed by atoms with Crippen LogP contribution in [0.4, 0.5) is 0 Å². The van der Waals surface area contributed by atoms with E-state index in [4.69, 9.17) is 0 Å². The summed E-state index contributed by atoms with van der Waals surface area (Å²) in [5, 5.41) is 12.1. The molecular weight excluding hydrogens is 208 g/mol. The number of nitrogens with zero attached hydrogens (tertiary/aromatic N) is 3. The highest BCUT2D eigenvalue weighted by molar-refractivity contribution is 5.87. The maximum absolute atomic E-state index is 12.1. The molecule has 0 spiro atoms. The molecule has 6 nitrogen and oxygen atoms in total. The minimum Gasteiger partial charge on any atom is -0.618 e. The number of hydroxylamine groups is 1. The third-order valence-electron chi connectivity index (χ3n) is 3.64. The summed E-state index contributed by atoms with van der Waals surface area (Å²) in [4.78, 5) is 18.7. The van der Waals surface area contributed by atoms with Gasteiger partial charge in [0.1, 0.15) is 4.76 Å². The molecule has 0 atom stereocenters. The molecule has 16 heavy (non-hydrogen) atoms. The van der Waals surface area contributed by atoms with Crippen molar-refractivity contribution >= 4 is 5.84 Å². The lowest BCUT2D eigenvalue weighted by Gasteiger charge is -2.22. The lowest BCUT2D eigenvalue weighted by atomic mass is 9.84. The van der Waals surface area contributed by atoms with Gasteiger partial charge in [-0.15, -0.1) is 4.74 Å². The smallest absolute Gasteiger partial charge is 0.522 e. The quantitative estimate of drug-likeness (QED) is 0.570. The van der Waals surface area contributed by atoms with E-state index in [9.17, 15) is 10.1 Å². The second-order valence-corrected chi connectivity index (χ2v) is 5.00. The Morgan fingerprint density at radius 2 is 1.94 bits per heavy atom. The molecule has 0 fully saturated rings. The van der Waals surface area contributed by atoms with E-state index in [-0.39, 0.29) is 5.84 Å². The Kier molecular flexibility index (Phi) is 1.95. The molecule has 0 aromatic carbocycles. The third-order valence-corrected chi connectivity index (χ3v) is 3.64. The predicted molar refractivity (Wildman–Crippen MR) is 58.1 cm³/mol. The Balaban J connectivity index is 2.64. The van der Waals surface area contributed by atoms with Crippen molar-refractivity contribution in [1.29, 1.82) is 0 Å². The lowest BCUT2D eigenvalue weighted by molar-refractivity contribution is -0.555. The van der Waals surface area contributed by atoms with Gasteiger partial charge in [-0.3, -0.25) is 0 Å². The van der Waals surface area contributed by atoms with Gasteiger partial charge in [0.25, 0.3) is 5.54 Å². The number of H-pyrrole nitrogens is 1. The number of aromatic amines is 1. The van der Waals surface area contributed by atoms with Gasteiger partial charge in [-0.25, -0.2) is 4.98 Å². The van der Waals surface area contributed by atoms with Crippen LogP contribution in [0.25, 0.3) is 0 Å². The molecule has 0 aliphatic carbocycles. The van der Waals surface area contributed by atoms with Crippen LogP contribution in [0.3, 0.4) is 0 Å². The van der Waals surface area contributed by atoms with Gasteiger partial charge in [0.15, 0.2) is 0 Å². The standard InChI is InChI=1S/C10H15N4O2/c1-9(2)10(3,4)14(16)8(13(9)15)7-5-11-6-12-7/h5-6H,1-4H3,(H,11,12)/q+1. The molecule has 86 valence electrons. The first kappa shape index (κ1) is 10.8. The summed E-state index contributed by atoms with van der Waals surface area (Å²) in [6.07, 6.45) is 2.92. The van der Waals surface area contributed by atoms with E-state index < -0.39 is 11.1 Å². The summed E-state index contributed by atoms with van der Waals surface area (Å²) in [6.45, 7) is 7.03. The minimum atomic E-state index is -0.783. The van der Waals surface area contributed by atoms with Crippen LogP contribution >= 0.6 is 0 Å². The fraction of sp³-hybridized carbons (Fsp3) is 0.600. The van der Waals surface area contributed by atoms with Gasteiger partial charge in [-0.2, -0.15) is 0 Å². The zero-order valence-electron chi connectivity index (χ0n) is 9.81. The van der Waals surface area contributed by atoms with Crippen molar-refractivity contribution in [3.63, 3.8) is 0 Å². The highest BCUT2D eigenvalue weighted by Gasteiger charge is 2.68. The van der Waals surface area contributed by atoms with E-state index in [0.717, 1.165) is 9.50 Å². The lowest BCUT2D eigenvalue weighted by Crippen LogP contribution is -2.50. The molecule has 1 N–H and O–H groups in total. The molecule has 0 saturated carbocycles. The van der Waals surface area contributed by atoms with Gasteiger partial charge < -0.3 is 10.2 Å². The average Bonchev–Trinajstić information content (AvgIpc) is 2.73. The number of aromatic nitrogens is 2. The van der Waals surface area contributed by atoms with Crippen LogP contribution < -0.4 is 0 Å². The van der Waals surface area contributed by atoms with Crippen molar-refractivity contribution in [3.05, 3.63) is 28.3 Å². The molecule has 1 aromatic heterocycles. The molecule has 0 radical (unpaired) electrons. The number of hydrogen-bond acceptors (Lipinski definition) is 3. The van der Waals surface area contributed by atoms with Crippen molar-refractivity contribution < 1.29 is 9.50 Å². The van der Waals surface area contributed by atoms with Crippen LogP contribution in [-0.2, 0) is 0 Å². The summed E-state index contributed by atoms with van der Waals surface area (Å²) < 4.78 is 1.51. The molecule has 0 saturated heterocycles. The van der Waals surface area contributed by atoms with Crippen molar-refractivity contribution in [2.45, 2.75) is 38.8 Å². The second kappa shape index (κ2) is 2.90. The summed E-state index contributed by atoms with van der Waals surface area (Å²) >= 11 is 0. The van der Waals surface area contributed by atoms with Gasteiger partial charge in [-0.05, 0) is 0 Å². The van der Waals surface area contributed by atoms with Crippen LogP contribution in [0.15, 0.2) is 12.5 Å². The van der Waals surface area contributed by atoms with Gasteiger partial charge in [0.05, 0.1) is 12.5 Å². The molecule has 2 heterocycles. The molecule has 6 heteroatoms. The van der Waals surface area contributed by atoms with E-state index in [1.807, 2.05) is 0 Å². The van der Waals surface area contributed by atoms with E-state index >= 15 is 0 Å². The number of hydrogen-bond donors (Lipinski definition) is 1. The van der Waals surface area contributed by atoms with Crippen molar-refractivity contribution in [3.8, 4) is 0 Å². The maximum atomic E-state index is 12.1. The number of imidazole rings is 1. The first-order valence-corrected chi connectivity index (χ1v) is 5.10. The summed E-state index contributed by atoms with van der Waals surface area (Å²) in [7, 11) is 0. The summed E-state index contributed by atoms with van der Waals surface area (Å²) in [6, 6.07) is 0. The highest BCUT2D eigenvalue weighted by Crippen LogP contribution is 2.34. The summed E-state index contributed by atoms with van der Waals surface area (Å²) in [5.41, 5.74) is -1.12. The number of nitrogens with one attached hydrogen (secondary N) is 1. The molecule has 1 aliphatic heterocycles. The zero-order valence-corrected chi connectivity index (χ0v) is 9.81. The van der Waals surface area contributed by atoms with Crippen molar-refractivity contribution in [2.24, 2.45) is 0 Å². The van der Waals surface area contributed by atoms with E-state index in [2.05, 4.69) is 9.97 Å². The van der Waals surface area contributed by atoms with Crippen LogP contribution in [0, 0.1) is 10.1 Å². The Hall–Kier alpha value is -1.72. The predicted octanol–water partition coefficient (Wildman–Crippen LogP) is 1.02. The van der Waals surface area contributed by atoms with E-state index in [1.165, 1.54) is 12.5 Å². The van der Waals surface area contributed by atoms with Crippen LogP contribution in [0.1, 0.15) is 33.4 Å². The number of nitroso groups, excluding NO2 is 1. The van der Waals surface area contributed by atoms with E-state index in [0.29, 0.717) is 5.69 Å². The second-order valence-electron chi connectivity index (χ2n) is 5.00. The summed E-state index contributed by atoms with van der Waals surface area (Å²) in [5.74, 6) is 0.0903. The first-order chi connectivity index (χ1) is 7.30. The Bertz CT molecular complexity index is 471. The normalized spacial score (nSPS) is 22.9. The monoisotopic (exact) mass is 223 g/mol. The Morgan fingerprint density at radius 1 is 1.31 bits per heavy atom. The molecule has 0 amide bonds. The maximum Gasteiger partial charge on any atom is 0.522 e. The van der Waals surface area contributed by atoms with Crippen molar-refractivity contribution in [1.82, 2.24) is 9.97 Å². The van der Waals surface area contributed by atoms with Crippen LogP contribution in [-0.4, -0.2) is 36.4 Å². The SMILES string of the molecule is CC1(C)[N+](=O)C(c2cnc[nH]2)=[N+]([O-])C1(C)C. The van der Waals surface area contributed by atoms with Crippen molar-refractivity contribution in [2.75, 3.05) is 0 Å². The van der Waals surface area contributed by atoms with Crippen LogP contribution in [0.2, 0.25) is 0 Å². The molecule has 1 aromatic rings. The number of amidine groups is 1. The fourth-order valence-electron chi connectivity index (χ4n) is 1.71. The van der Waals surface area contributed by atoms with Crippen LogP contribution in [0.5, 0.6) is 0 Å². The molecule has 2 rings (SSSR count). The zero-order chi connectivity index (χ0) is 12.1. The fourth-order valence-corrected chi connectivity index (χ4v) is 1.71. The first-order valence-electron chi connectivity index (χ1n) is 5.10. The highest BCUT2D eigenvalue weighted by atomic mass is 16.5. The molecule has 1 aliphatic rings.